The topological polar surface area (TPSA) is 62.4 Å². The number of carbonyl (C=O) groups is 1. The van der Waals surface area contributed by atoms with Crippen molar-refractivity contribution in [2.45, 2.75) is 6.18 Å². The van der Waals surface area contributed by atoms with E-state index in [1.165, 1.54) is 0 Å². The fraction of sp³-hybridized carbons (Fsp3) is 0.0455. The van der Waals surface area contributed by atoms with Crippen LogP contribution < -0.4 is 4.74 Å². The molecule has 0 saturated heterocycles. The van der Waals surface area contributed by atoms with Crippen LogP contribution in [0.25, 0.3) is 0 Å². The molecule has 0 aliphatic carbocycles. The predicted molar refractivity (Wildman–Crippen MR) is 101 cm³/mol. The van der Waals surface area contributed by atoms with Crippen LogP contribution in [0.4, 0.5) is 18.9 Å². The summed E-state index contributed by atoms with van der Waals surface area (Å²) in [6, 6.07) is 19.1. The Labute approximate surface area is 164 Å². The van der Waals surface area contributed by atoms with Gasteiger partial charge in [-0.2, -0.15) is 18.4 Å². The van der Waals surface area contributed by atoms with Crippen molar-refractivity contribution in [3.8, 4) is 11.8 Å². The number of esters is 1. The Bertz CT molecular complexity index is 1060. The van der Waals surface area contributed by atoms with Gasteiger partial charge in [0, 0.05) is 6.21 Å². The molecule has 0 amide bonds. The summed E-state index contributed by atoms with van der Waals surface area (Å²) < 4.78 is 42.9. The quantitative estimate of drug-likeness (QED) is 0.331. The van der Waals surface area contributed by atoms with E-state index in [0.717, 1.165) is 29.8 Å². The summed E-state index contributed by atoms with van der Waals surface area (Å²) in [5, 5.41) is 8.77. The molecule has 0 aliphatic heterocycles. The van der Waals surface area contributed by atoms with E-state index in [2.05, 4.69) is 4.99 Å². The molecule has 0 spiro atoms. The number of benzene rings is 3. The van der Waals surface area contributed by atoms with Crippen molar-refractivity contribution in [3.05, 3.63) is 95.1 Å². The molecular weight excluding hydrogens is 381 g/mol. The van der Waals surface area contributed by atoms with Crippen molar-refractivity contribution in [3.63, 3.8) is 0 Å². The Balaban J connectivity index is 1.63. The molecule has 0 aliphatic rings. The maximum absolute atomic E-state index is 12.6. The molecule has 7 heteroatoms. The Hall–Kier alpha value is -3.92. The zero-order chi connectivity index (χ0) is 20.9. The van der Waals surface area contributed by atoms with Gasteiger partial charge in [0.25, 0.3) is 0 Å². The molecule has 0 N–H and O–H groups in total. The average Bonchev–Trinajstić information content (AvgIpc) is 2.73. The van der Waals surface area contributed by atoms with Gasteiger partial charge in [-0.3, -0.25) is 4.99 Å². The van der Waals surface area contributed by atoms with Crippen LogP contribution in [0.5, 0.6) is 5.75 Å². The van der Waals surface area contributed by atoms with E-state index < -0.39 is 17.7 Å². The van der Waals surface area contributed by atoms with Crippen LogP contribution in [-0.2, 0) is 6.18 Å². The number of halogens is 3. The van der Waals surface area contributed by atoms with E-state index in [1.54, 1.807) is 54.7 Å². The minimum Gasteiger partial charge on any atom is -0.423 e. The summed E-state index contributed by atoms with van der Waals surface area (Å²) in [6.45, 7) is 0. The summed E-state index contributed by atoms with van der Waals surface area (Å²) in [5.41, 5.74) is 1.16. The third-order valence-corrected chi connectivity index (χ3v) is 3.90. The molecular formula is C22H13F3N2O2. The SMILES string of the molecule is N#Cc1ccc(N=Cc2ccc(OC(=O)c3ccc(C(F)(F)F)cc3)cc2)cc1. The molecule has 3 aromatic rings. The second kappa shape index (κ2) is 8.40. The average molecular weight is 394 g/mol. The molecule has 0 bridgehead atoms. The standard InChI is InChI=1S/C22H13F3N2O2/c23-22(24,25)18-7-5-17(6-8-18)21(28)29-20-11-3-16(4-12-20)14-27-19-9-1-15(13-26)2-10-19/h1-12,14H. The van der Waals surface area contributed by atoms with E-state index >= 15 is 0 Å². The van der Waals surface area contributed by atoms with Gasteiger partial charge in [0.05, 0.1) is 28.4 Å². The highest BCUT2D eigenvalue weighted by Crippen LogP contribution is 2.29. The Morgan fingerprint density at radius 1 is 0.931 bits per heavy atom. The first-order chi connectivity index (χ1) is 13.8. The van der Waals surface area contributed by atoms with Crippen LogP contribution in [0.2, 0.25) is 0 Å². The molecule has 29 heavy (non-hydrogen) atoms. The predicted octanol–water partition coefficient (Wildman–Crippen LogP) is 5.55. The van der Waals surface area contributed by atoms with E-state index in [-0.39, 0.29) is 11.3 Å². The lowest BCUT2D eigenvalue weighted by molar-refractivity contribution is -0.137. The van der Waals surface area contributed by atoms with Gasteiger partial charge in [0.1, 0.15) is 5.75 Å². The molecule has 3 aromatic carbocycles. The van der Waals surface area contributed by atoms with Crippen LogP contribution >= 0.6 is 0 Å². The molecule has 0 saturated carbocycles. The van der Waals surface area contributed by atoms with Gasteiger partial charge in [-0.25, -0.2) is 4.79 Å². The van der Waals surface area contributed by atoms with Gasteiger partial charge in [0.2, 0.25) is 0 Å². The molecule has 144 valence electrons. The molecule has 3 rings (SSSR count). The highest BCUT2D eigenvalue weighted by Gasteiger charge is 2.30. The Morgan fingerprint density at radius 3 is 2.10 bits per heavy atom. The van der Waals surface area contributed by atoms with Gasteiger partial charge in [-0.05, 0) is 78.4 Å². The zero-order valence-electron chi connectivity index (χ0n) is 14.9. The number of carbonyl (C=O) groups excluding carboxylic acids is 1. The summed E-state index contributed by atoms with van der Waals surface area (Å²) in [4.78, 5) is 16.4. The van der Waals surface area contributed by atoms with Gasteiger partial charge in [-0.1, -0.05) is 0 Å². The van der Waals surface area contributed by atoms with Crippen LogP contribution in [0, 0.1) is 11.3 Å². The largest absolute Gasteiger partial charge is 0.423 e. The van der Waals surface area contributed by atoms with Crippen molar-refractivity contribution in [2.24, 2.45) is 4.99 Å². The smallest absolute Gasteiger partial charge is 0.416 e. The van der Waals surface area contributed by atoms with Crippen LogP contribution in [0.15, 0.2) is 77.8 Å². The summed E-state index contributed by atoms with van der Waals surface area (Å²) in [5.74, 6) is -0.497. The van der Waals surface area contributed by atoms with Crippen molar-refractivity contribution < 1.29 is 22.7 Å². The number of nitrogens with zero attached hydrogens (tertiary/aromatic N) is 2. The fourth-order valence-electron chi connectivity index (χ4n) is 2.35. The molecule has 0 radical (unpaired) electrons. The number of nitriles is 1. The first kappa shape index (κ1) is 19.8. The third-order valence-electron chi connectivity index (χ3n) is 3.90. The lowest BCUT2D eigenvalue weighted by Gasteiger charge is -2.08. The Morgan fingerprint density at radius 2 is 1.55 bits per heavy atom. The molecule has 4 nitrogen and oxygen atoms in total. The summed E-state index contributed by atoms with van der Waals surface area (Å²) >= 11 is 0. The van der Waals surface area contributed by atoms with Crippen molar-refractivity contribution in [1.82, 2.24) is 0 Å². The minimum atomic E-state index is -4.46. The molecule has 0 fully saturated rings. The van der Waals surface area contributed by atoms with E-state index in [0.29, 0.717) is 11.3 Å². The molecule has 0 unspecified atom stereocenters. The first-order valence-electron chi connectivity index (χ1n) is 8.39. The van der Waals surface area contributed by atoms with E-state index in [4.69, 9.17) is 10.00 Å². The minimum absolute atomic E-state index is 0.0180. The van der Waals surface area contributed by atoms with Crippen molar-refractivity contribution in [1.29, 1.82) is 5.26 Å². The summed E-state index contributed by atoms with van der Waals surface area (Å²) in [7, 11) is 0. The van der Waals surface area contributed by atoms with Crippen LogP contribution in [0.1, 0.15) is 27.0 Å². The van der Waals surface area contributed by atoms with Gasteiger partial charge >= 0.3 is 12.1 Å². The van der Waals surface area contributed by atoms with Gasteiger partial charge in [-0.15, -0.1) is 0 Å². The Kier molecular flexibility index (Phi) is 5.74. The number of aliphatic imine (C=N–C) groups is 1. The number of rotatable bonds is 4. The van der Waals surface area contributed by atoms with Crippen LogP contribution in [-0.4, -0.2) is 12.2 Å². The van der Waals surface area contributed by atoms with Gasteiger partial charge < -0.3 is 4.74 Å². The van der Waals surface area contributed by atoms with Crippen LogP contribution in [0.3, 0.4) is 0 Å². The number of alkyl halides is 3. The van der Waals surface area contributed by atoms with Crippen molar-refractivity contribution >= 4 is 17.9 Å². The fourth-order valence-corrected chi connectivity index (χ4v) is 2.35. The zero-order valence-corrected chi connectivity index (χ0v) is 14.9. The molecule has 0 aromatic heterocycles. The lowest BCUT2D eigenvalue weighted by Crippen LogP contribution is -2.10. The maximum atomic E-state index is 12.6. The monoisotopic (exact) mass is 394 g/mol. The van der Waals surface area contributed by atoms with E-state index in [9.17, 15) is 18.0 Å². The highest BCUT2D eigenvalue weighted by atomic mass is 19.4. The lowest BCUT2D eigenvalue weighted by atomic mass is 10.1. The highest BCUT2D eigenvalue weighted by molar-refractivity contribution is 5.91. The van der Waals surface area contributed by atoms with E-state index in [1.807, 2.05) is 6.07 Å². The maximum Gasteiger partial charge on any atom is 0.416 e. The number of hydrogen-bond acceptors (Lipinski definition) is 4. The summed E-state index contributed by atoms with van der Waals surface area (Å²) in [6.07, 6.45) is -2.85. The van der Waals surface area contributed by atoms with Gasteiger partial charge in [0.15, 0.2) is 0 Å². The molecule has 0 atom stereocenters. The number of hydrogen-bond donors (Lipinski definition) is 0. The number of ether oxygens (including phenoxy) is 1. The normalized spacial score (nSPS) is 11.2. The second-order valence-corrected chi connectivity index (χ2v) is 5.95. The first-order valence-corrected chi connectivity index (χ1v) is 8.39. The second-order valence-electron chi connectivity index (χ2n) is 5.95. The third kappa shape index (κ3) is 5.30. The molecule has 0 heterocycles. The van der Waals surface area contributed by atoms with Crippen molar-refractivity contribution in [2.75, 3.05) is 0 Å².